The number of ether oxygens (including phenoxy) is 3. The molecular formula is C31H43N3O6. The van der Waals surface area contributed by atoms with E-state index >= 15 is 0 Å². The number of fused-ring (bicyclic) bond motifs is 1. The topological polar surface area (TPSA) is 115 Å². The molecule has 218 valence electrons. The normalized spacial score (nSPS) is 20.1. The molecule has 3 N–H and O–H groups in total. The van der Waals surface area contributed by atoms with E-state index in [1.807, 2.05) is 40.1 Å². The van der Waals surface area contributed by atoms with Crippen molar-refractivity contribution in [2.75, 3.05) is 53.0 Å². The summed E-state index contributed by atoms with van der Waals surface area (Å²) in [4.78, 5) is 30.3. The van der Waals surface area contributed by atoms with Gasteiger partial charge < -0.3 is 30.0 Å². The lowest BCUT2D eigenvalue weighted by molar-refractivity contribution is -0.144. The zero-order valence-electron chi connectivity index (χ0n) is 23.7. The molecule has 1 fully saturated rings. The fourth-order valence-electron chi connectivity index (χ4n) is 5.82. The van der Waals surface area contributed by atoms with Crippen LogP contribution in [0.5, 0.6) is 17.2 Å². The Kier molecular flexibility index (Phi) is 10.7. The molecule has 2 aliphatic heterocycles. The molecule has 4 rings (SSSR count). The number of nitrogens with zero attached hydrogens (tertiary/aromatic N) is 2. The molecule has 0 radical (unpaired) electrons. The Morgan fingerprint density at radius 1 is 1.12 bits per heavy atom. The molecule has 1 amide bonds. The van der Waals surface area contributed by atoms with Gasteiger partial charge in [0.05, 0.1) is 32.2 Å². The smallest absolute Gasteiger partial charge is 0.308 e. The Bertz CT molecular complexity index is 1140. The minimum atomic E-state index is -0.892. The summed E-state index contributed by atoms with van der Waals surface area (Å²) in [5.41, 5.74) is 7.75. The number of carboxylic acids is 1. The molecule has 40 heavy (non-hydrogen) atoms. The van der Waals surface area contributed by atoms with Crippen molar-refractivity contribution in [2.45, 2.75) is 51.0 Å². The number of likely N-dealkylation sites (tertiary alicyclic amines) is 1. The standard InChI is InChI=1S/C31H43N3O6/c1-3-4-15-33(16-8-7-14-32)29(35)20-34-19-24(22-11-12-26-23(18-22)13-17-39-26)30(31(36)37)25(34)21-40-28-10-6-5-9-27(28)38-2/h5-6,9-12,18,24-25,30H,3-4,7-8,13-17,19-21,32H2,1-2H3,(H,36,37). The zero-order chi connectivity index (χ0) is 28.5. The predicted octanol–water partition coefficient (Wildman–Crippen LogP) is 3.55. The molecule has 9 heteroatoms. The molecule has 0 aromatic heterocycles. The predicted molar refractivity (Wildman–Crippen MR) is 153 cm³/mol. The molecule has 3 atom stereocenters. The maximum absolute atomic E-state index is 13.6. The summed E-state index contributed by atoms with van der Waals surface area (Å²) in [7, 11) is 1.58. The van der Waals surface area contributed by atoms with E-state index in [0.29, 0.717) is 44.3 Å². The molecular weight excluding hydrogens is 510 g/mol. The maximum Gasteiger partial charge on any atom is 0.308 e. The molecule has 1 saturated heterocycles. The molecule has 2 heterocycles. The number of nitrogens with two attached hydrogens (primary N) is 1. The summed E-state index contributed by atoms with van der Waals surface area (Å²) in [5.74, 6) is 0.0745. The summed E-state index contributed by atoms with van der Waals surface area (Å²) in [5, 5.41) is 10.5. The van der Waals surface area contributed by atoms with Gasteiger partial charge in [0.25, 0.3) is 0 Å². The number of aliphatic carboxylic acids is 1. The van der Waals surface area contributed by atoms with Crippen LogP contribution in [0.4, 0.5) is 0 Å². The van der Waals surface area contributed by atoms with Crippen molar-refractivity contribution in [3.8, 4) is 17.2 Å². The molecule has 0 saturated carbocycles. The van der Waals surface area contributed by atoms with Gasteiger partial charge in [-0.25, -0.2) is 0 Å². The molecule has 0 spiro atoms. The maximum atomic E-state index is 13.6. The highest BCUT2D eigenvalue weighted by molar-refractivity contribution is 5.79. The molecule has 3 unspecified atom stereocenters. The van der Waals surface area contributed by atoms with Gasteiger partial charge in [-0.2, -0.15) is 0 Å². The summed E-state index contributed by atoms with van der Waals surface area (Å²) in [6, 6.07) is 12.8. The SMILES string of the molecule is CCCCN(CCCCN)C(=O)CN1CC(c2ccc3c(c2)CCO3)C(C(=O)O)C1COc1ccccc1OC. The number of amides is 1. The third kappa shape index (κ3) is 7.06. The van der Waals surface area contributed by atoms with E-state index in [0.717, 1.165) is 49.0 Å². The van der Waals surface area contributed by atoms with Crippen LogP contribution in [-0.4, -0.2) is 85.9 Å². The largest absolute Gasteiger partial charge is 0.493 e. The lowest BCUT2D eigenvalue weighted by Crippen LogP contribution is -2.46. The van der Waals surface area contributed by atoms with Crippen molar-refractivity contribution in [1.82, 2.24) is 9.80 Å². The van der Waals surface area contributed by atoms with Crippen LogP contribution in [0.2, 0.25) is 0 Å². The fraction of sp³-hybridized carbons (Fsp3) is 0.548. The summed E-state index contributed by atoms with van der Waals surface area (Å²) in [6.45, 7) is 5.40. The second-order valence-electron chi connectivity index (χ2n) is 10.6. The highest BCUT2D eigenvalue weighted by atomic mass is 16.5. The number of benzene rings is 2. The Morgan fingerprint density at radius 2 is 1.90 bits per heavy atom. The summed E-state index contributed by atoms with van der Waals surface area (Å²) >= 11 is 0. The minimum absolute atomic E-state index is 0.0138. The van der Waals surface area contributed by atoms with Crippen molar-refractivity contribution in [3.63, 3.8) is 0 Å². The average Bonchev–Trinajstić information content (AvgIpc) is 3.58. The number of para-hydroxylation sites is 2. The zero-order valence-corrected chi connectivity index (χ0v) is 23.7. The molecule has 2 aromatic rings. The van der Waals surface area contributed by atoms with Crippen LogP contribution in [0.25, 0.3) is 0 Å². The van der Waals surface area contributed by atoms with Crippen LogP contribution >= 0.6 is 0 Å². The van der Waals surface area contributed by atoms with Gasteiger partial charge in [-0.05, 0) is 55.1 Å². The molecule has 9 nitrogen and oxygen atoms in total. The molecule has 0 bridgehead atoms. The van der Waals surface area contributed by atoms with Crippen molar-refractivity contribution in [3.05, 3.63) is 53.6 Å². The first-order valence-electron chi connectivity index (χ1n) is 14.4. The van der Waals surface area contributed by atoms with E-state index in [2.05, 4.69) is 13.0 Å². The van der Waals surface area contributed by atoms with Crippen LogP contribution in [0.3, 0.4) is 0 Å². The van der Waals surface area contributed by atoms with Crippen LogP contribution in [0.1, 0.15) is 49.7 Å². The quantitative estimate of drug-likeness (QED) is 0.322. The van der Waals surface area contributed by atoms with Crippen LogP contribution in [0, 0.1) is 5.92 Å². The van der Waals surface area contributed by atoms with Gasteiger partial charge in [0.1, 0.15) is 12.4 Å². The van der Waals surface area contributed by atoms with Crippen LogP contribution in [0.15, 0.2) is 42.5 Å². The first kappa shape index (κ1) is 29.7. The van der Waals surface area contributed by atoms with Crippen molar-refractivity contribution in [2.24, 2.45) is 11.7 Å². The highest BCUT2D eigenvalue weighted by Crippen LogP contribution is 2.40. The Labute approximate surface area is 237 Å². The van der Waals surface area contributed by atoms with Gasteiger partial charge >= 0.3 is 5.97 Å². The number of methoxy groups -OCH3 is 1. The summed E-state index contributed by atoms with van der Waals surface area (Å²) in [6.07, 6.45) is 4.44. The van der Waals surface area contributed by atoms with E-state index in [1.54, 1.807) is 13.2 Å². The number of hydrogen-bond acceptors (Lipinski definition) is 7. The van der Waals surface area contributed by atoms with Gasteiger partial charge in [0.15, 0.2) is 11.5 Å². The Balaban J connectivity index is 1.60. The Morgan fingerprint density at radius 3 is 2.62 bits per heavy atom. The number of carboxylic acid groups (broad SMARTS) is 1. The van der Waals surface area contributed by atoms with Crippen molar-refractivity contribution < 1.29 is 28.9 Å². The highest BCUT2D eigenvalue weighted by Gasteiger charge is 2.48. The van der Waals surface area contributed by atoms with E-state index in [1.165, 1.54) is 0 Å². The third-order valence-electron chi connectivity index (χ3n) is 8.01. The van der Waals surface area contributed by atoms with Gasteiger partial charge in [-0.3, -0.25) is 14.5 Å². The van der Waals surface area contributed by atoms with Gasteiger partial charge in [-0.15, -0.1) is 0 Å². The van der Waals surface area contributed by atoms with E-state index in [4.69, 9.17) is 19.9 Å². The van der Waals surface area contributed by atoms with Crippen molar-refractivity contribution >= 4 is 11.9 Å². The lowest BCUT2D eigenvalue weighted by atomic mass is 9.84. The molecule has 0 aliphatic carbocycles. The average molecular weight is 554 g/mol. The van der Waals surface area contributed by atoms with Gasteiger partial charge in [0.2, 0.25) is 5.91 Å². The van der Waals surface area contributed by atoms with Gasteiger partial charge in [0, 0.05) is 32.0 Å². The van der Waals surface area contributed by atoms with Crippen LogP contribution < -0.4 is 19.9 Å². The van der Waals surface area contributed by atoms with E-state index in [-0.39, 0.29) is 25.0 Å². The number of carbonyl (C=O) groups excluding carboxylic acids is 1. The second kappa shape index (κ2) is 14.4. The number of hydrogen-bond donors (Lipinski definition) is 2. The van der Waals surface area contributed by atoms with Gasteiger partial charge in [-0.1, -0.05) is 37.6 Å². The number of unbranched alkanes of at least 4 members (excludes halogenated alkanes) is 2. The number of carbonyl (C=O) groups is 2. The van der Waals surface area contributed by atoms with Crippen LogP contribution in [-0.2, 0) is 16.0 Å². The fourth-order valence-corrected chi connectivity index (χ4v) is 5.82. The summed E-state index contributed by atoms with van der Waals surface area (Å²) < 4.78 is 17.3. The third-order valence-corrected chi connectivity index (χ3v) is 8.01. The monoisotopic (exact) mass is 553 g/mol. The first-order valence-corrected chi connectivity index (χ1v) is 14.4. The first-order chi connectivity index (χ1) is 19.5. The minimum Gasteiger partial charge on any atom is -0.493 e. The van der Waals surface area contributed by atoms with E-state index < -0.39 is 17.9 Å². The van der Waals surface area contributed by atoms with E-state index in [9.17, 15) is 14.7 Å². The Hall–Kier alpha value is -3.30. The molecule has 2 aliphatic rings. The molecule has 2 aromatic carbocycles. The lowest BCUT2D eigenvalue weighted by Gasteiger charge is -2.29. The second-order valence-corrected chi connectivity index (χ2v) is 10.6. The number of rotatable bonds is 15. The van der Waals surface area contributed by atoms with Crippen molar-refractivity contribution in [1.29, 1.82) is 0 Å².